The molecule has 0 aliphatic heterocycles. The third kappa shape index (κ3) is 2.89. The van der Waals surface area contributed by atoms with E-state index in [4.69, 9.17) is 32.7 Å². The van der Waals surface area contributed by atoms with Crippen molar-refractivity contribution in [1.29, 1.82) is 0 Å². The summed E-state index contributed by atoms with van der Waals surface area (Å²) in [4.78, 5) is 12.4. The van der Waals surface area contributed by atoms with Crippen molar-refractivity contribution in [3.8, 4) is 11.5 Å². The molecule has 20 heavy (non-hydrogen) atoms. The van der Waals surface area contributed by atoms with Gasteiger partial charge in [0.2, 0.25) is 0 Å². The summed E-state index contributed by atoms with van der Waals surface area (Å²) in [7, 11) is 3.03. The van der Waals surface area contributed by atoms with E-state index in [1.807, 2.05) is 0 Å². The van der Waals surface area contributed by atoms with Gasteiger partial charge in [0, 0.05) is 17.2 Å². The van der Waals surface area contributed by atoms with Crippen molar-refractivity contribution in [3.63, 3.8) is 0 Å². The highest BCUT2D eigenvalue weighted by Gasteiger charge is 2.16. The van der Waals surface area contributed by atoms with E-state index < -0.39 is 0 Å². The fourth-order valence-corrected chi connectivity index (χ4v) is 2.26. The van der Waals surface area contributed by atoms with Crippen LogP contribution in [0.2, 0.25) is 10.0 Å². The van der Waals surface area contributed by atoms with E-state index >= 15 is 0 Å². The Bertz CT molecular complexity index is 654. The van der Waals surface area contributed by atoms with Gasteiger partial charge in [-0.25, -0.2) is 0 Å². The Morgan fingerprint density at radius 3 is 2.40 bits per heavy atom. The second-order valence-corrected chi connectivity index (χ2v) is 4.84. The number of carbonyl (C=O) groups excluding carboxylic acids is 1. The third-order valence-corrected chi connectivity index (χ3v) is 3.43. The second kappa shape index (κ2) is 6.16. The van der Waals surface area contributed by atoms with Gasteiger partial charge in [-0.3, -0.25) is 4.79 Å². The maximum atomic E-state index is 12.4. The summed E-state index contributed by atoms with van der Waals surface area (Å²) in [5.74, 6) is 0.809. The zero-order valence-corrected chi connectivity index (χ0v) is 12.5. The molecule has 0 saturated carbocycles. The molecular formula is C15H12Cl2O3. The Morgan fingerprint density at radius 2 is 1.75 bits per heavy atom. The van der Waals surface area contributed by atoms with Gasteiger partial charge >= 0.3 is 0 Å². The number of ether oxygens (including phenoxy) is 2. The lowest BCUT2D eigenvalue weighted by Crippen LogP contribution is -2.03. The summed E-state index contributed by atoms with van der Waals surface area (Å²) in [6.07, 6.45) is 0. The molecule has 0 aliphatic rings. The average molecular weight is 311 g/mol. The van der Waals surface area contributed by atoms with Crippen LogP contribution in [0.5, 0.6) is 11.5 Å². The monoisotopic (exact) mass is 310 g/mol. The Kier molecular flexibility index (Phi) is 4.53. The van der Waals surface area contributed by atoms with Gasteiger partial charge in [0.25, 0.3) is 0 Å². The van der Waals surface area contributed by atoms with Crippen LogP contribution < -0.4 is 9.47 Å². The third-order valence-electron chi connectivity index (χ3n) is 2.82. The molecule has 0 atom stereocenters. The quantitative estimate of drug-likeness (QED) is 0.792. The molecule has 2 rings (SSSR count). The molecule has 0 N–H and O–H groups in total. The van der Waals surface area contributed by atoms with Crippen LogP contribution in [0.15, 0.2) is 36.4 Å². The zero-order valence-electron chi connectivity index (χ0n) is 10.9. The Labute approximate surface area is 127 Å². The molecule has 0 heterocycles. The Morgan fingerprint density at radius 1 is 1.00 bits per heavy atom. The van der Waals surface area contributed by atoms with Gasteiger partial charge in [0.15, 0.2) is 5.78 Å². The van der Waals surface area contributed by atoms with Crippen molar-refractivity contribution in [2.75, 3.05) is 14.2 Å². The Balaban J connectivity index is 2.45. The number of ketones is 1. The van der Waals surface area contributed by atoms with Crippen molar-refractivity contribution in [1.82, 2.24) is 0 Å². The largest absolute Gasteiger partial charge is 0.497 e. The predicted molar refractivity (Wildman–Crippen MR) is 79.4 cm³/mol. The lowest BCUT2D eigenvalue weighted by atomic mass is 10.0. The van der Waals surface area contributed by atoms with Crippen molar-refractivity contribution in [3.05, 3.63) is 57.6 Å². The Hall–Kier alpha value is -1.71. The number of hydrogen-bond donors (Lipinski definition) is 0. The number of rotatable bonds is 4. The minimum absolute atomic E-state index is 0.224. The molecule has 0 radical (unpaired) electrons. The molecule has 0 amide bonds. The fraction of sp³-hybridized carbons (Fsp3) is 0.133. The van der Waals surface area contributed by atoms with E-state index in [1.54, 1.807) is 31.4 Å². The van der Waals surface area contributed by atoms with E-state index in [9.17, 15) is 4.79 Å². The number of benzene rings is 2. The predicted octanol–water partition coefficient (Wildman–Crippen LogP) is 4.24. The molecule has 0 aliphatic carbocycles. The molecule has 2 aromatic carbocycles. The van der Waals surface area contributed by atoms with Crippen molar-refractivity contribution >= 4 is 29.0 Å². The standard InChI is InChI=1S/C15H12Cl2O3/c1-19-10-5-3-4-9(6-10)15(18)11-7-13(17)14(20-2)8-12(11)16/h3-8H,1-2H3. The molecule has 2 aromatic rings. The molecule has 104 valence electrons. The highest BCUT2D eigenvalue weighted by Crippen LogP contribution is 2.32. The molecule has 3 nitrogen and oxygen atoms in total. The summed E-state index contributed by atoms with van der Waals surface area (Å²) < 4.78 is 10.2. The van der Waals surface area contributed by atoms with Crippen molar-refractivity contribution in [2.45, 2.75) is 0 Å². The molecule has 0 spiro atoms. The molecule has 0 saturated heterocycles. The van der Waals surface area contributed by atoms with Crippen LogP contribution in [0.3, 0.4) is 0 Å². The summed E-state index contributed by atoms with van der Waals surface area (Å²) in [5.41, 5.74) is 0.804. The second-order valence-electron chi connectivity index (χ2n) is 4.03. The van der Waals surface area contributed by atoms with Crippen molar-refractivity contribution in [2.24, 2.45) is 0 Å². The van der Waals surface area contributed by atoms with Crippen LogP contribution in [-0.4, -0.2) is 20.0 Å². The van der Waals surface area contributed by atoms with Gasteiger partial charge in [-0.05, 0) is 18.2 Å². The molecule has 0 fully saturated rings. The molecule has 0 unspecified atom stereocenters. The highest BCUT2D eigenvalue weighted by atomic mass is 35.5. The van der Waals surface area contributed by atoms with Crippen LogP contribution >= 0.6 is 23.2 Å². The normalized spacial score (nSPS) is 10.2. The van der Waals surface area contributed by atoms with E-state index in [-0.39, 0.29) is 5.78 Å². The highest BCUT2D eigenvalue weighted by molar-refractivity contribution is 6.37. The first-order chi connectivity index (χ1) is 9.56. The van der Waals surface area contributed by atoms with E-state index in [0.29, 0.717) is 32.7 Å². The minimum Gasteiger partial charge on any atom is -0.497 e. The van der Waals surface area contributed by atoms with Gasteiger partial charge in [0.05, 0.1) is 24.3 Å². The van der Waals surface area contributed by atoms with Crippen LogP contribution in [0.25, 0.3) is 0 Å². The topological polar surface area (TPSA) is 35.5 Å². The average Bonchev–Trinajstić information content (AvgIpc) is 2.48. The van der Waals surface area contributed by atoms with E-state index in [0.717, 1.165) is 0 Å². The number of hydrogen-bond acceptors (Lipinski definition) is 3. The smallest absolute Gasteiger partial charge is 0.194 e. The molecule has 0 bridgehead atoms. The minimum atomic E-state index is -0.224. The lowest BCUT2D eigenvalue weighted by molar-refractivity contribution is 0.103. The first-order valence-electron chi connectivity index (χ1n) is 5.78. The van der Waals surface area contributed by atoms with Gasteiger partial charge in [0.1, 0.15) is 11.5 Å². The number of carbonyl (C=O) groups is 1. The summed E-state index contributed by atoms with van der Waals surface area (Å²) in [6, 6.07) is 9.88. The maximum absolute atomic E-state index is 12.4. The van der Waals surface area contributed by atoms with E-state index in [1.165, 1.54) is 19.2 Å². The van der Waals surface area contributed by atoms with Crippen molar-refractivity contribution < 1.29 is 14.3 Å². The first kappa shape index (κ1) is 14.7. The van der Waals surface area contributed by atoms with Crippen LogP contribution in [-0.2, 0) is 0 Å². The molecule has 5 heteroatoms. The van der Waals surface area contributed by atoms with Crippen LogP contribution in [0.1, 0.15) is 15.9 Å². The summed E-state index contributed by atoms with van der Waals surface area (Å²) >= 11 is 12.1. The zero-order chi connectivity index (χ0) is 14.7. The molecule has 0 aromatic heterocycles. The molecular weight excluding hydrogens is 299 g/mol. The first-order valence-corrected chi connectivity index (χ1v) is 6.54. The van der Waals surface area contributed by atoms with Crippen LogP contribution in [0.4, 0.5) is 0 Å². The maximum Gasteiger partial charge on any atom is 0.194 e. The van der Waals surface area contributed by atoms with Gasteiger partial charge in [-0.15, -0.1) is 0 Å². The van der Waals surface area contributed by atoms with Crippen LogP contribution in [0, 0.1) is 0 Å². The lowest BCUT2D eigenvalue weighted by Gasteiger charge is -2.09. The van der Waals surface area contributed by atoms with E-state index in [2.05, 4.69) is 0 Å². The SMILES string of the molecule is COc1cccc(C(=O)c2cc(Cl)c(OC)cc2Cl)c1. The number of methoxy groups -OCH3 is 2. The van der Waals surface area contributed by atoms with Gasteiger partial charge < -0.3 is 9.47 Å². The van der Waals surface area contributed by atoms with Gasteiger partial charge in [-0.1, -0.05) is 35.3 Å². The number of halogens is 2. The van der Waals surface area contributed by atoms with Gasteiger partial charge in [-0.2, -0.15) is 0 Å². The summed E-state index contributed by atoms with van der Waals surface area (Å²) in [6.45, 7) is 0. The summed E-state index contributed by atoms with van der Waals surface area (Å²) in [5, 5.41) is 0.627. The fourth-order valence-electron chi connectivity index (χ4n) is 1.78.